The van der Waals surface area contributed by atoms with Gasteiger partial charge >= 0.3 is 0 Å². The summed E-state index contributed by atoms with van der Waals surface area (Å²) in [4.78, 5) is 3.68. The lowest BCUT2D eigenvalue weighted by atomic mass is 10.4. The van der Waals surface area contributed by atoms with Crippen molar-refractivity contribution in [1.82, 2.24) is 14.4 Å². The molecule has 0 aliphatic rings. The highest BCUT2D eigenvalue weighted by atomic mass is 19.1. The third-order valence-corrected chi connectivity index (χ3v) is 2.38. The van der Waals surface area contributed by atoms with E-state index in [0.29, 0.717) is 6.54 Å². The van der Waals surface area contributed by atoms with Crippen molar-refractivity contribution in [1.29, 1.82) is 10.8 Å². The highest BCUT2D eigenvalue weighted by Crippen LogP contribution is 1.94. The number of aromatic nitrogens is 1. The van der Waals surface area contributed by atoms with E-state index in [2.05, 4.69) is 0 Å². The van der Waals surface area contributed by atoms with Gasteiger partial charge in [0.15, 0.2) is 0 Å². The third-order valence-electron chi connectivity index (χ3n) is 2.38. The van der Waals surface area contributed by atoms with Gasteiger partial charge in [-0.15, -0.1) is 0 Å². The van der Waals surface area contributed by atoms with Gasteiger partial charge in [-0.3, -0.25) is 15.4 Å². The van der Waals surface area contributed by atoms with Crippen LogP contribution in [0.25, 0.3) is 0 Å². The number of nitrogens with zero attached hydrogens (tertiary/aromatic N) is 3. The van der Waals surface area contributed by atoms with E-state index in [-0.39, 0.29) is 11.4 Å². The van der Waals surface area contributed by atoms with Crippen LogP contribution >= 0.6 is 0 Å². The Hall–Kier alpha value is -1.69. The molecule has 1 rings (SSSR count). The predicted octanol–water partition coefficient (Wildman–Crippen LogP) is 0.383. The summed E-state index contributed by atoms with van der Waals surface area (Å²) in [6.07, 6.45) is 1.15. The van der Waals surface area contributed by atoms with E-state index in [1.807, 2.05) is 19.0 Å². The number of rotatable bonds is 3. The second-order valence-electron chi connectivity index (χ2n) is 4.15. The van der Waals surface area contributed by atoms with Crippen LogP contribution in [0.2, 0.25) is 0 Å². The quantitative estimate of drug-likeness (QED) is 0.592. The van der Waals surface area contributed by atoms with Crippen molar-refractivity contribution < 1.29 is 4.39 Å². The monoisotopic (exact) mass is 239 g/mol. The Bertz CT molecular complexity index is 451. The first-order chi connectivity index (χ1) is 7.91. The van der Waals surface area contributed by atoms with Crippen molar-refractivity contribution in [3.8, 4) is 0 Å². The molecule has 2 N–H and O–H groups in total. The molecule has 0 bridgehead atoms. The van der Waals surface area contributed by atoms with Gasteiger partial charge in [-0.05, 0) is 26.2 Å². The van der Waals surface area contributed by atoms with Gasteiger partial charge in [0.2, 0.25) is 5.96 Å². The van der Waals surface area contributed by atoms with Crippen LogP contribution in [0.4, 0.5) is 4.39 Å². The van der Waals surface area contributed by atoms with Crippen molar-refractivity contribution in [3.63, 3.8) is 0 Å². The molecule has 1 aromatic heterocycles. The molecule has 0 unspecified atom stereocenters. The van der Waals surface area contributed by atoms with E-state index >= 15 is 0 Å². The van der Waals surface area contributed by atoms with Crippen LogP contribution in [-0.2, 0) is 0 Å². The molecule has 0 aliphatic heterocycles. The van der Waals surface area contributed by atoms with Crippen LogP contribution in [0.5, 0.6) is 0 Å². The standard InChI is InChI=1S/C11H18FN5/c1-15(2)6-7-16(3)11(14)17-8-9(12)4-5-10(17)13/h4-5,8,13-14H,6-7H2,1-3H3. The molecule has 0 atom stereocenters. The van der Waals surface area contributed by atoms with Crippen molar-refractivity contribution in [2.75, 3.05) is 34.2 Å². The summed E-state index contributed by atoms with van der Waals surface area (Å²) in [6, 6.07) is 2.55. The van der Waals surface area contributed by atoms with Crippen molar-refractivity contribution in [3.05, 3.63) is 29.6 Å². The van der Waals surface area contributed by atoms with E-state index < -0.39 is 5.82 Å². The maximum Gasteiger partial charge on any atom is 0.203 e. The van der Waals surface area contributed by atoms with Gasteiger partial charge in [-0.2, -0.15) is 0 Å². The molecule has 0 spiro atoms. The maximum absolute atomic E-state index is 13.1. The summed E-state index contributed by atoms with van der Waals surface area (Å²) < 4.78 is 14.3. The average Bonchev–Trinajstić information content (AvgIpc) is 2.28. The number of hydrogen-bond acceptors (Lipinski definition) is 3. The average molecular weight is 239 g/mol. The predicted molar refractivity (Wildman–Crippen MR) is 64.6 cm³/mol. The summed E-state index contributed by atoms with van der Waals surface area (Å²) in [5.41, 5.74) is 0.0908. The molecule has 5 nitrogen and oxygen atoms in total. The second-order valence-corrected chi connectivity index (χ2v) is 4.15. The molecule has 0 saturated heterocycles. The minimum atomic E-state index is -0.452. The minimum Gasteiger partial charge on any atom is -0.344 e. The fourth-order valence-corrected chi connectivity index (χ4v) is 1.29. The number of halogens is 1. The topological polar surface area (TPSA) is 59.1 Å². The molecule has 1 heterocycles. The van der Waals surface area contributed by atoms with Crippen molar-refractivity contribution in [2.45, 2.75) is 0 Å². The fraction of sp³-hybridized carbons (Fsp3) is 0.455. The molecule has 0 saturated carbocycles. The summed E-state index contributed by atoms with van der Waals surface area (Å²) in [5.74, 6) is -0.358. The van der Waals surface area contributed by atoms with Gasteiger partial charge in [0, 0.05) is 26.3 Å². The molecule has 17 heavy (non-hydrogen) atoms. The summed E-state index contributed by atoms with van der Waals surface area (Å²) >= 11 is 0. The van der Waals surface area contributed by atoms with Crippen LogP contribution in [0.1, 0.15) is 0 Å². The normalized spacial score (nSPS) is 10.6. The van der Waals surface area contributed by atoms with E-state index in [1.165, 1.54) is 16.7 Å². The van der Waals surface area contributed by atoms with Gasteiger partial charge in [-0.1, -0.05) is 0 Å². The van der Waals surface area contributed by atoms with Crippen LogP contribution in [0.15, 0.2) is 18.3 Å². The first-order valence-electron chi connectivity index (χ1n) is 5.29. The SMILES string of the molecule is CN(C)CCN(C)C(=N)n1cc(F)ccc1=N. The fourth-order valence-electron chi connectivity index (χ4n) is 1.29. The van der Waals surface area contributed by atoms with E-state index in [1.54, 1.807) is 11.9 Å². The Kier molecular flexibility index (Phi) is 4.39. The zero-order chi connectivity index (χ0) is 13.0. The summed E-state index contributed by atoms with van der Waals surface area (Å²) in [7, 11) is 5.65. The largest absolute Gasteiger partial charge is 0.344 e. The molecule has 0 aliphatic carbocycles. The zero-order valence-corrected chi connectivity index (χ0v) is 10.4. The highest BCUT2D eigenvalue weighted by Gasteiger charge is 2.08. The van der Waals surface area contributed by atoms with Gasteiger partial charge in [0.25, 0.3) is 0 Å². The van der Waals surface area contributed by atoms with Crippen LogP contribution in [-0.4, -0.2) is 54.6 Å². The summed E-state index contributed by atoms with van der Waals surface area (Å²) in [5, 5.41) is 15.5. The Labute approximate surface area is 100 Å². The molecule has 0 amide bonds. The lowest BCUT2D eigenvalue weighted by Gasteiger charge is -2.23. The second kappa shape index (κ2) is 5.58. The van der Waals surface area contributed by atoms with Crippen LogP contribution in [0.3, 0.4) is 0 Å². The molecular formula is C11H18FN5. The van der Waals surface area contributed by atoms with Crippen molar-refractivity contribution in [2.24, 2.45) is 0 Å². The number of pyridine rings is 1. The molecular weight excluding hydrogens is 221 g/mol. The lowest BCUT2D eigenvalue weighted by Crippen LogP contribution is -2.40. The first kappa shape index (κ1) is 13.4. The van der Waals surface area contributed by atoms with Gasteiger partial charge in [0.05, 0.1) is 0 Å². The summed E-state index contributed by atoms with van der Waals surface area (Å²) in [6.45, 7) is 1.44. The van der Waals surface area contributed by atoms with Gasteiger partial charge < -0.3 is 9.80 Å². The van der Waals surface area contributed by atoms with E-state index in [0.717, 1.165) is 12.7 Å². The van der Waals surface area contributed by atoms with E-state index in [9.17, 15) is 4.39 Å². The first-order valence-corrected chi connectivity index (χ1v) is 5.29. The Balaban J connectivity index is 2.81. The molecule has 1 aromatic rings. The smallest absolute Gasteiger partial charge is 0.203 e. The molecule has 94 valence electrons. The van der Waals surface area contributed by atoms with Crippen molar-refractivity contribution >= 4 is 5.96 Å². The van der Waals surface area contributed by atoms with Gasteiger partial charge in [-0.25, -0.2) is 4.39 Å². The van der Waals surface area contributed by atoms with E-state index in [4.69, 9.17) is 10.8 Å². The minimum absolute atomic E-state index is 0.0908. The number of nitrogens with one attached hydrogen (secondary N) is 2. The Morgan fingerprint density at radius 1 is 1.29 bits per heavy atom. The zero-order valence-electron chi connectivity index (χ0n) is 10.4. The Morgan fingerprint density at radius 3 is 2.53 bits per heavy atom. The third kappa shape index (κ3) is 3.67. The Morgan fingerprint density at radius 2 is 1.94 bits per heavy atom. The number of likely N-dealkylation sites (N-methyl/N-ethyl adjacent to an activating group) is 2. The van der Waals surface area contributed by atoms with Gasteiger partial charge in [0.1, 0.15) is 11.3 Å². The highest BCUT2D eigenvalue weighted by molar-refractivity contribution is 5.78. The maximum atomic E-state index is 13.1. The molecule has 0 radical (unpaired) electrons. The molecule has 0 fully saturated rings. The van der Waals surface area contributed by atoms with Crippen LogP contribution in [0, 0.1) is 16.6 Å². The van der Waals surface area contributed by atoms with Crippen LogP contribution < -0.4 is 5.49 Å². The molecule has 6 heteroatoms. The lowest BCUT2D eigenvalue weighted by molar-refractivity contribution is 0.351. The number of hydrogen-bond donors (Lipinski definition) is 2. The molecule has 0 aromatic carbocycles.